The molecule has 150 valence electrons. The number of benzene rings is 2. The SMILES string of the molecule is O=C1NN(c2ccc(I)cc2)C(=O)C1=Cc1ccc(-c2ccc(Br)cc2C(=O)O)o1. The number of furan rings is 1. The Morgan fingerprint density at radius 1 is 1.10 bits per heavy atom. The van der Waals surface area contributed by atoms with Gasteiger partial charge in [-0.3, -0.25) is 15.0 Å². The fourth-order valence-corrected chi connectivity index (χ4v) is 3.68. The van der Waals surface area contributed by atoms with Crippen LogP contribution in [0.15, 0.2) is 69.1 Å². The van der Waals surface area contributed by atoms with Crippen molar-refractivity contribution in [3.63, 3.8) is 0 Å². The highest BCUT2D eigenvalue weighted by molar-refractivity contribution is 14.1. The first kappa shape index (κ1) is 20.4. The maximum atomic E-state index is 12.7. The molecule has 3 aromatic rings. The number of rotatable bonds is 4. The van der Waals surface area contributed by atoms with Gasteiger partial charge in [-0.05, 0) is 83.3 Å². The highest BCUT2D eigenvalue weighted by Crippen LogP contribution is 2.30. The summed E-state index contributed by atoms with van der Waals surface area (Å²) in [5.74, 6) is -1.58. The van der Waals surface area contributed by atoms with Gasteiger partial charge in [0.15, 0.2) is 0 Å². The summed E-state index contributed by atoms with van der Waals surface area (Å²) in [6.45, 7) is 0. The van der Waals surface area contributed by atoms with Crippen LogP contribution in [0.25, 0.3) is 17.4 Å². The average molecular weight is 579 g/mol. The molecule has 0 saturated carbocycles. The van der Waals surface area contributed by atoms with E-state index >= 15 is 0 Å². The van der Waals surface area contributed by atoms with Gasteiger partial charge in [0.05, 0.1) is 11.3 Å². The molecule has 30 heavy (non-hydrogen) atoms. The van der Waals surface area contributed by atoms with E-state index < -0.39 is 17.8 Å². The molecule has 0 unspecified atom stereocenters. The fourth-order valence-electron chi connectivity index (χ4n) is 2.96. The molecule has 2 N–H and O–H groups in total. The highest BCUT2D eigenvalue weighted by atomic mass is 127. The van der Waals surface area contributed by atoms with Crippen LogP contribution in [0, 0.1) is 3.57 Å². The molecule has 0 bridgehead atoms. The van der Waals surface area contributed by atoms with Gasteiger partial charge in [-0.25, -0.2) is 9.80 Å². The van der Waals surface area contributed by atoms with Crippen LogP contribution in [-0.4, -0.2) is 22.9 Å². The van der Waals surface area contributed by atoms with E-state index in [0.29, 0.717) is 21.5 Å². The lowest BCUT2D eigenvalue weighted by molar-refractivity contribution is -0.117. The molecule has 1 aliphatic rings. The minimum Gasteiger partial charge on any atom is -0.478 e. The maximum absolute atomic E-state index is 12.7. The number of hydrogen-bond acceptors (Lipinski definition) is 4. The van der Waals surface area contributed by atoms with E-state index in [1.807, 2.05) is 12.1 Å². The number of anilines is 1. The van der Waals surface area contributed by atoms with Gasteiger partial charge in [0.1, 0.15) is 17.1 Å². The Labute approximate surface area is 192 Å². The lowest BCUT2D eigenvalue weighted by atomic mass is 10.1. The molecule has 0 aliphatic carbocycles. The Balaban J connectivity index is 1.65. The number of nitrogens with one attached hydrogen (secondary N) is 1. The van der Waals surface area contributed by atoms with Crippen molar-refractivity contribution in [2.75, 3.05) is 5.01 Å². The smallest absolute Gasteiger partial charge is 0.336 e. The summed E-state index contributed by atoms with van der Waals surface area (Å²) in [4.78, 5) is 36.6. The maximum Gasteiger partial charge on any atom is 0.336 e. The molecule has 1 fully saturated rings. The number of carbonyl (C=O) groups excluding carboxylic acids is 2. The van der Waals surface area contributed by atoms with Gasteiger partial charge >= 0.3 is 5.97 Å². The molecule has 1 aromatic heterocycles. The monoisotopic (exact) mass is 578 g/mol. The number of carboxylic acids is 1. The number of nitrogens with zero attached hydrogens (tertiary/aromatic N) is 1. The summed E-state index contributed by atoms with van der Waals surface area (Å²) in [5, 5.41) is 10.6. The van der Waals surface area contributed by atoms with Crippen LogP contribution in [0.4, 0.5) is 5.69 Å². The van der Waals surface area contributed by atoms with Crippen LogP contribution in [0.5, 0.6) is 0 Å². The third kappa shape index (κ3) is 3.90. The molecule has 4 rings (SSSR count). The standard InChI is InChI=1S/C21H12BrIN2O5/c22-11-1-7-15(16(9-11)21(28)29)18-8-6-14(30-18)10-17-19(26)24-25(20(17)27)13-4-2-12(23)3-5-13/h1-10H,(H,24,26)(H,28,29). The zero-order chi connectivity index (χ0) is 21.4. The van der Waals surface area contributed by atoms with Crippen molar-refractivity contribution in [2.24, 2.45) is 0 Å². The van der Waals surface area contributed by atoms with E-state index in [4.69, 9.17) is 4.42 Å². The van der Waals surface area contributed by atoms with Gasteiger partial charge in [0, 0.05) is 13.6 Å². The molecule has 0 atom stereocenters. The summed E-state index contributed by atoms with van der Waals surface area (Å²) in [7, 11) is 0. The fraction of sp³-hybridized carbons (Fsp3) is 0. The van der Waals surface area contributed by atoms with Gasteiger partial charge < -0.3 is 9.52 Å². The Hall–Kier alpha value is -2.92. The van der Waals surface area contributed by atoms with E-state index in [-0.39, 0.29) is 16.9 Å². The van der Waals surface area contributed by atoms with Crippen molar-refractivity contribution in [3.05, 3.63) is 79.5 Å². The number of hydrogen-bond donors (Lipinski definition) is 2. The summed E-state index contributed by atoms with van der Waals surface area (Å²) in [6.07, 6.45) is 1.34. The number of aromatic carboxylic acids is 1. The molecule has 9 heteroatoms. The normalized spacial score (nSPS) is 15.0. The van der Waals surface area contributed by atoms with E-state index in [0.717, 1.165) is 3.57 Å². The molecule has 0 radical (unpaired) electrons. The van der Waals surface area contributed by atoms with Crippen LogP contribution in [-0.2, 0) is 9.59 Å². The van der Waals surface area contributed by atoms with Crippen LogP contribution < -0.4 is 10.4 Å². The molecule has 2 amide bonds. The summed E-state index contributed by atoms with van der Waals surface area (Å²) >= 11 is 5.40. The van der Waals surface area contributed by atoms with Crippen LogP contribution >= 0.6 is 38.5 Å². The van der Waals surface area contributed by atoms with Crippen molar-refractivity contribution in [1.29, 1.82) is 0 Å². The zero-order valence-corrected chi connectivity index (χ0v) is 18.8. The molecule has 7 nitrogen and oxygen atoms in total. The van der Waals surface area contributed by atoms with Crippen LogP contribution in [0.3, 0.4) is 0 Å². The van der Waals surface area contributed by atoms with Crippen molar-refractivity contribution in [2.45, 2.75) is 0 Å². The summed E-state index contributed by atoms with van der Waals surface area (Å²) in [5.41, 5.74) is 3.44. The predicted molar refractivity (Wildman–Crippen MR) is 122 cm³/mol. The molecule has 0 spiro atoms. The molecule has 1 saturated heterocycles. The minimum atomic E-state index is -1.10. The van der Waals surface area contributed by atoms with Gasteiger partial charge in [0.25, 0.3) is 11.8 Å². The largest absolute Gasteiger partial charge is 0.478 e. The number of halogens is 2. The van der Waals surface area contributed by atoms with Gasteiger partial charge in [-0.2, -0.15) is 0 Å². The Bertz CT molecular complexity index is 1220. The summed E-state index contributed by atoms with van der Waals surface area (Å²) < 4.78 is 7.34. The molecule has 2 heterocycles. The third-order valence-corrected chi connectivity index (χ3v) is 5.58. The average Bonchev–Trinajstić information content (AvgIpc) is 3.29. The quantitative estimate of drug-likeness (QED) is 0.270. The van der Waals surface area contributed by atoms with E-state index in [2.05, 4.69) is 43.9 Å². The predicted octanol–water partition coefficient (Wildman–Crippen LogP) is 4.47. The molecular formula is C21H12BrIN2O5. The van der Waals surface area contributed by atoms with Crippen LogP contribution in [0.1, 0.15) is 16.1 Å². The summed E-state index contributed by atoms with van der Waals surface area (Å²) in [6, 6.07) is 15.1. The first-order valence-electron chi connectivity index (χ1n) is 8.59. The first-order valence-corrected chi connectivity index (χ1v) is 10.5. The second kappa shape index (κ2) is 8.07. The van der Waals surface area contributed by atoms with Gasteiger partial charge in [0.2, 0.25) is 0 Å². The van der Waals surface area contributed by atoms with E-state index in [1.165, 1.54) is 17.2 Å². The molecular weight excluding hydrogens is 567 g/mol. The van der Waals surface area contributed by atoms with Crippen molar-refractivity contribution < 1.29 is 23.9 Å². The molecule has 1 aliphatic heterocycles. The van der Waals surface area contributed by atoms with Gasteiger partial charge in [-0.1, -0.05) is 15.9 Å². The van der Waals surface area contributed by atoms with E-state index in [9.17, 15) is 19.5 Å². The van der Waals surface area contributed by atoms with Gasteiger partial charge in [-0.15, -0.1) is 0 Å². The number of hydrazine groups is 1. The second-order valence-corrected chi connectivity index (χ2v) is 8.47. The number of amides is 2. The number of carbonyl (C=O) groups is 3. The Morgan fingerprint density at radius 3 is 2.53 bits per heavy atom. The number of carboxylic acid groups (broad SMARTS) is 1. The highest BCUT2D eigenvalue weighted by Gasteiger charge is 2.34. The lowest BCUT2D eigenvalue weighted by Gasteiger charge is -2.14. The third-order valence-electron chi connectivity index (χ3n) is 4.37. The Kier molecular flexibility index (Phi) is 5.48. The second-order valence-electron chi connectivity index (χ2n) is 6.31. The Morgan fingerprint density at radius 2 is 1.83 bits per heavy atom. The van der Waals surface area contributed by atoms with Crippen molar-refractivity contribution >= 4 is 68.1 Å². The van der Waals surface area contributed by atoms with Crippen molar-refractivity contribution in [3.8, 4) is 11.3 Å². The van der Waals surface area contributed by atoms with Crippen molar-refractivity contribution in [1.82, 2.24) is 5.43 Å². The molecule has 2 aromatic carbocycles. The lowest BCUT2D eigenvalue weighted by Crippen LogP contribution is -2.35. The van der Waals surface area contributed by atoms with E-state index in [1.54, 1.807) is 36.4 Å². The van der Waals surface area contributed by atoms with Crippen LogP contribution in [0.2, 0.25) is 0 Å². The first-order chi connectivity index (χ1) is 14.3. The minimum absolute atomic E-state index is 0.0671. The topological polar surface area (TPSA) is 99.9 Å². The zero-order valence-electron chi connectivity index (χ0n) is 15.1.